The van der Waals surface area contributed by atoms with Crippen LogP contribution in [0.1, 0.15) is 44.5 Å². The molecule has 0 aliphatic heterocycles. The number of carbonyl (C=O) groups is 1. The second-order valence-corrected chi connectivity index (χ2v) is 9.25. The Balaban J connectivity index is 1.51. The largest absolute Gasteiger partial charge is 0.352 e. The Kier molecular flexibility index (Phi) is 4.54. The van der Waals surface area contributed by atoms with Crippen LogP contribution >= 0.6 is 23.1 Å². The summed E-state index contributed by atoms with van der Waals surface area (Å²) in [6, 6.07) is 0.298. The van der Waals surface area contributed by atoms with Gasteiger partial charge in [-0.25, -0.2) is 0 Å². The normalized spacial score (nSPS) is 30.3. The van der Waals surface area contributed by atoms with E-state index in [9.17, 15) is 4.79 Å². The second kappa shape index (κ2) is 6.24. The summed E-state index contributed by atoms with van der Waals surface area (Å²) in [7, 11) is 0. The third kappa shape index (κ3) is 3.42. The molecule has 6 heteroatoms. The molecule has 2 fully saturated rings. The van der Waals surface area contributed by atoms with E-state index in [-0.39, 0.29) is 11.2 Å². The van der Waals surface area contributed by atoms with Gasteiger partial charge in [0, 0.05) is 6.04 Å². The molecule has 0 spiro atoms. The Morgan fingerprint density at radius 1 is 1.33 bits per heavy atom. The molecule has 21 heavy (non-hydrogen) atoms. The van der Waals surface area contributed by atoms with E-state index in [1.807, 2.05) is 13.8 Å². The van der Waals surface area contributed by atoms with Crippen LogP contribution in [0.3, 0.4) is 0 Å². The van der Waals surface area contributed by atoms with Crippen molar-refractivity contribution < 1.29 is 4.79 Å². The van der Waals surface area contributed by atoms with E-state index in [0.29, 0.717) is 12.0 Å². The molecule has 116 valence electrons. The average Bonchev–Trinajstić information content (AvgIpc) is 3.15. The molecule has 5 atom stereocenters. The molecular formula is C15H23N3OS2. The summed E-state index contributed by atoms with van der Waals surface area (Å²) >= 11 is 3.05. The molecule has 2 saturated carbocycles. The van der Waals surface area contributed by atoms with Crippen LogP contribution in [0.5, 0.6) is 0 Å². The quantitative estimate of drug-likeness (QED) is 0.844. The number of aromatic nitrogens is 2. The van der Waals surface area contributed by atoms with E-state index in [0.717, 1.165) is 21.2 Å². The summed E-state index contributed by atoms with van der Waals surface area (Å²) in [5.41, 5.74) is 0. The molecule has 1 aromatic heterocycles. The molecular weight excluding hydrogens is 302 g/mol. The first-order valence-electron chi connectivity index (χ1n) is 7.80. The van der Waals surface area contributed by atoms with Gasteiger partial charge in [0.05, 0.1) is 5.25 Å². The summed E-state index contributed by atoms with van der Waals surface area (Å²) < 4.78 is 0.878. The molecule has 0 saturated heterocycles. The number of rotatable bonds is 5. The number of hydrogen-bond acceptors (Lipinski definition) is 5. The Bertz CT molecular complexity index is 519. The minimum absolute atomic E-state index is 0.113. The van der Waals surface area contributed by atoms with Gasteiger partial charge in [0.15, 0.2) is 4.34 Å². The van der Waals surface area contributed by atoms with Crippen LogP contribution in [0.2, 0.25) is 0 Å². The Morgan fingerprint density at radius 2 is 2.14 bits per heavy atom. The number of thioether (sulfide) groups is 1. The lowest BCUT2D eigenvalue weighted by atomic mass is 9.84. The zero-order valence-electron chi connectivity index (χ0n) is 12.8. The maximum Gasteiger partial charge on any atom is 0.233 e. The smallest absolute Gasteiger partial charge is 0.233 e. The second-order valence-electron chi connectivity index (χ2n) is 6.48. The molecule has 1 aromatic rings. The van der Waals surface area contributed by atoms with Gasteiger partial charge >= 0.3 is 0 Å². The van der Waals surface area contributed by atoms with Crippen molar-refractivity contribution in [2.24, 2.45) is 17.8 Å². The standard InChI is InChI=1S/C15H23N3OS2/c1-8(13-7-11-4-5-12(13)6-11)16-14(19)9(2)20-15-18-17-10(3)21-15/h8-9,11-13H,4-7H2,1-3H3,(H,16,19)/t8-,9-,11+,12+,13+/m1/s1. The molecule has 2 bridgehead atoms. The summed E-state index contributed by atoms with van der Waals surface area (Å²) in [5.74, 6) is 2.59. The van der Waals surface area contributed by atoms with Gasteiger partial charge in [-0.3, -0.25) is 4.79 Å². The highest BCUT2D eigenvalue weighted by Crippen LogP contribution is 2.49. The molecule has 2 aliphatic carbocycles. The predicted molar refractivity (Wildman–Crippen MR) is 86.5 cm³/mol. The van der Waals surface area contributed by atoms with Crippen molar-refractivity contribution in [1.82, 2.24) is 15.5 Å². The van der Waals surface area contributed by atoms with Crippen LogP contribution < -0.4 is 5.32 Å². The highest BCUT2D eigenvalue weighted by Gasteiger charge is 2.42. The lowest BCUT2D eigenvalue weighted by molar-refractivity contribution is -0.121. The zero-order chi connectivity index (χ0) is 15.0. The van der Waals surface area contributed by atoms with Gasteiger partial charge in [-0.2, -0.15) is 0 Å². The Hall–Kier alpha value is -0.620. The molecule has 3 rings (SSSR count). The number of carbonyl (C=O) groups excluding carboxylic acids is 1. The van der Waals surface area contributed by atoms with Crippen LogP contribution in [0, 0.1) is 24.7 Å². The Labute approximate surface area is 134 Å². The monoisotopic (exact) mass is 325 g/mol. The minimum Gasteiger partial charge on any atom is -0.352 e. The first kappa shape index (κ1) is 15.3. The molecule has 1 N–H and O–H groups in total. The lowest BCUT2D eigenvalue weighted by Gasteiger charge is -2.29. The van der Waals surface area contributed by atoms with Crippen LogP contribution in [0.25, 0.3) is 0 Å². The molecule has 0 aromatic carbocycles. The third-order valence-electron chi connectivity index (χ3n) is 4.96. The fraction of sp³-hybridized carbons (Fsp3) is 0.800. The predicted octanol–water partition coefficient (Wildman–Crippen LogP) is 3.27. The highest BCUT2D eigenvalue weighted by molar-refractivity contribution is 8.02. The maximum atomic E-state index is 12.4. The molecule has 1 heterocycles. The molecule has 1 amide bonds. The van der Waals surface area contributed by atoms with Crippen molar-refractivity contribution in [2.75, 3.05) is 0 Å². The number of nitrogens with one attached hydrogen (secondary N) is 1. The van der Waals surface area contributed by atoms with E-state index in [1.165, 1.54) is 37.4 Å². The molecule has 2 aliphatic rings. The topological polar surface area (TPSA) is 54.9 Å². The fourth-order valence-corrected chi connectivity index (χ4v) is 5.85. The van der Waals surface area contributed by atoms with Gasteiger partial charge in [0.2, 0.25) is 5.91 Å². The first-order valence-corrected chi connectivity index (χ1v) is 9.49. The van der Waals surface area contributed by atoms with E-state index >= 15 is 0 Å². The first-order chi connectivity index (χ1) is 10.0. The van der Waals surface area contributed by atoms with E-state index in [2.05, 4.69) is 22.4 Å². The van der Waals surface area contributed by atoms with Gasteiger partial charge < -0.3 is 5.32 Å². The van der Waals surface area contributed by atoms with Crippen molar-refractivity contribution in [2.45, 2.75) is 62.1 Å². The van der Waals surface area contributed by atoms with Gasteiger partial charge in [0.25, 0.3) is 0 Å². The van der Waals surface area contributed by atoms with Crippen LogP contribution in [-0.2, 0) is 4.79 Å². The number of aryl methyl sites for hydroxylation is 1. The van der Waals surface area contributed by atoms with E-state index in [4.69, 9.17) is 0 Å². The summed E-state index contributed by atoms with van der Waals surface area (Å²) in [6.07, 6.45) is 5.47. The molecule has 4 nitrogen and oxygen atoms in total. The minimum atomic E-state index is -0.113. The zero-order valence-corrected chi connectivity index (χ0v) is 14.5. The SMILES string of the molecule is Cc1nnc(S[C@H](C)C(=O)N[C@H](C)[C@@H]2C[C@H]3CC[C@H]2C3)s1. The van der Waals surface area contributed by atoms with E-state index < -0.39 is 0 Å². The van der Waals surface area contributed by atoms with Gasteiger partial charge in [-0.15, -0.1) is 10.2 Å². The third-order valence-corrected chi connectivity index (χ3v) is 6.98. The van der Waals surface area contributed by atoms with Crippen molar-refractivity contribution in [3.8, 4) is 0 Å². The number of fused-ring (bicyclic) bond motifs is 2. The lowest BCUT2D eigenvalue weighted by Crippen LogP contribution is -2.43. The van der Waals surface area contributed by atoms with Crippen LogP contribution in [0.4, 0.5) is 0 Å². The fourth-order valence-electron chi connectivity index (χ4n) is 3.89. The van der Waals surface area contributed by atoms with Crippen molar-refractivity contribution in [3.05, 3.63) is 5.01 Å². The number of amides is 1. The summed E-state index contributed by atoms with van der Waals surface area (Å²) in [4.78, 5) is 12.4. The number of hydrogen-bond donors (Lipinski definition) is 1. The average molecular weight is 326 g/mol. The van der Waals surface area contributed by atoms with Crippen molar-refractivity contribution in [3.63, 3.8) is 0 Å². The van der Waals surface area contributed by atoms with Gasteiger partial charge in [0.1, 0.15) is 5.01 Å². The molecule has 0 unspecified atom stereocenters. The number of nitrogens with zero attached hydrogens (tertiary/aromatic N) is 2. The Morgan fingerprint density at radius 3 is 2.71 bits per heavy atom. The summed E-state index contributed by atoms with van der Waals surface area (Å²) in [5, 5.41) is 12.1. The van der Waals surface area contributed by atoms with Crippen molar-refractivity contribution in [1.29, 1.82) is 0 Å². The van der Waals surface area contributed by atoms with E-state index in [1.54, 1.807) is 11.3 Å². The summed E-state index contributed by atoms with van der Waals surface area (Å²) in [6.45, 7) is 6.06. The van der Waals surface area contributed by atoms with Crippen molar-refractivity contribution >= 4 is 29.0 Å². The molecule has 0 radical (unpaired) electrons. The van der Waals surface area contributed by atoms with Crippen LogP contribution in [-0.4, -0.2) is 27.4 Å². The van der Waals surface area contributed by atoms with Gasteiger partial charge in [-0.1, -0.05) is 29.5 Å². The van der Waals surface area contributed by atoms with Crippen LogP contribution in [0.15, 0.2) is 4.34 Å². The van der Waals surface area contributed by atoms with Gasteiger partial charge in [-0.05, 0) is 57.8 Å². The highest BCUT2D eigenvalue weighted by atomic mass is 32.2. The maximum absolute atomic E-state index is 12.4.